The van der Waals surface area contributed by atoms with E-state index in [-0.39, 0.29) is 5.41 Å². The molecule has 2 heterocycles. The van der Waals surface area contributed by atoms with Crippen molar-refractivity contribution in [3.05, 3.63) is 95.6 Å². The summed E-state index contributed by atoms with van der Waals surface area (Å²) in [6, 6.07) is 17.6. The molecule has 2 fully saturated rings. The molecule has 172 valence electrons. The van der Waals surface area contributed by atoms with Crippen molar-refractivity contribution in [1.82, 2.24) is 9.80 Å². The number of piperazine rings is 1. The zero-order chi connectivity index (χ0) is 22.8. The van der Waals surface area contributed by atoms with Crippen molar-refractivity contribution in [2.75, 3.05) is 26.2 Å². The van der Waals surface area contributed by atoms with Crippen molar-refractivity contribution in [3.8, 4) is 5.75 Å². The molecule has 2 aromatic rings. The van der Waals surface area contributed by atoms with Gasteiger partial charge in [0, 0.05) is 38.8 Å². The van der Waals surface area contributed by atoms with Gasteiger partial charge in [-0.2, -0.15) is 0 Å². The van der Waals surface area contributed by atoms with Crippen LogP contribution >= 0.6 is 0 Å². The lowest BCUT2D eigenvalue weighted by Gasteiger charge is -2.53. The summed E-state index contributed by atoms with van der Waals surface area (Å²) in [6.07, 6.45) is 13.1. The molecule has 1 N–H and O–H groups in total. The molecule has 2 unspecified atom stereocenters. The van der Waals surface area contributed by atoms with E-state index < -0.39 is 0 Å². The molecule has 2 saturated heterocycles. The van der Waals surface area contributed by atoms with Gasteiger partial charge in [0.1, 0.15) is 5.75 Å². The number of phenolic OH excluding ortho intramolecular Hbond substituents is 1. The first-order chi connectivity index (χ1) is 16.0. The van der Waals surface area contributed by atoms with Gasteiger partial charge in [0.2, 0.25) is 0 Å². The summed E-state index contributed by atoms with van der Waals surface area (Å²) in [5.74, 6) is 0.945. The second-order valence-electron chi connectivity index (χ2n) is 10.3. The molecule has 33 heavy (non-hydrogen) atoms. The van der Waals surface area contributed by atoms with Crippen LogP contribution < -0.4 is 0 Å². The molecule has 3 atom stereocenters. The van der Waals surface area contributed by atoms with Crippen molar-refractivity contribution in [1.29, 1.82) is 0 Å². The Bertz CT molecular complexity index is 1070. The van der Waals surface area contributed by atoms with E-state index >= 15 is 0 Å². The Morgan fingerprint density at radius 2 is 1.88 bits per heavy atom. The van der Waals surface area contributed by atoms with Crippen LogP contribution in [0.1, 0.15) is 43.4 Å². The molecule has 2 aliphatic heterocycles. The zero-order valence-electron chi connectivity index (χ0n) is 20.0. The predicted molar refractivity (Wildman–Crippen MR) is 137 cm³/mol. The van der Waals surface area contributed by atoms with E-state index in [1.807, 2.05) is 12.1 Å². The largest absolute Gasteiger partial charge is 0.508 e. The molecule has 1 aliphatic carbocycles. The lowest BCUT2D eigenvalue weighted by molar-refractivity contribution is -0.00557. The van der Waals surface area contributed by atoms with E-state index in [9.17, 15) is 5.11 Å². The highest BCUT2D eigenvalue weighted by atomic mass is 16.3. The molecule has 3 heteroatoms. The van der Waals surface area contributed by atoms with Crippen molar-refractivity contribution >= 4 is 5.57 Å². The van der Waals surface area contributed by atoms with Gasteiger partial charge in [0.25, 0.3) is 0 Å². The number of phenols is 1. The summed E-state index contributed by atoms with van der Waals surface area (Å²) in [6.45, 7) is 10.3. The minimum Gasteiger partial charge on any atom is -0.508 e. The van der Waals surface area contributed by atoms with Crippen LogP contribution in [0.4, 0.5) is 0 Å². The first kappa shape index (κ1) is 22.2. The van der Waals surface area contributed by atoms with Crippen molar-refractivity contribution in [2.45, 2.75) is 44.7 Å². The van der Waals surface area contributed by atoms with Gasteiger partial charge >= 0.3 is 0 Å². The average molecular weight is 441 g/mol. The van der Waals surface area contributed by atoms with Crippen LogP contribution in [0.3, 0.4) is 0 Å². The van der Waals surface area contributed by atoms with Crippen LogP contribution in [0.2, 0.25) is 0 Å². The zero-order valence-corrected chi connectivity index (χ0v) is 20.0. The van der Waals surface area contributed by atoms with Gasteiger partial charge < -0.3 is 5.11 Å². The van der Waals surface area contributed by atoms with E-state index in [1.165, 1.54) is 22.3 Å². The van der Waals surface area contributed by atoms with Gasteiger partial charge in [-0.25, -0.2) is 0 Å². The van der Waals surface area contributed by atoms with Crippen LogP contribution in [0, 0.1) is 5.92 Å². The number of hydrogen-bond donors (Lipinski definition) is 1. The van der Waals surface area contributed by atoms with Gasteiger partial charge in [0.15, 0.2) is 0 Å². The summed E-state index contributed by atoms with van der Waals surface area (Å²) >= 11 is 0. The first-order valence-corrected chi connectivity index (χ1v) is 12.4. The SMILES string of the molecule is CC1CN2CCN(Cc3ccc(C4=CCC=CC=C4)cc3)CC2C[C@@]1(C)c1cccc(O)c1. The minimum absolute atomic E-state index is 0.0966. The molecule has 0 amide bonds. The first-order valence-electron chi connectivity index (χ1n) is 12.4. The Kier molecular flexibility index (Phi) is 6.27. The van der Waals surface area contributed by atoms with Gasteiger partial charge in [-0.15, -0.1) is 0 Å². The molecule has 2 aromatic carbocycles. The molecule has 0 radical (unpaired) electrons. The van der Waals surface area contributed by atoms with Crippen LogP contribution in [0.15, 0.2) is 78.9 Å². The van der Waals surface area contributed by atoms with Crippen LogP contribution in [-0.2, 0) is 12.0 Å². The Morgan fingerprint density at radius 1 is 1.03 bits per heavy atom. The molecule has 0 aromatic heterocycles. The highest BCUT2D eigenvalue weighted by Gasteiger charge is 2.44. The summed E-state index contributed by atoms with van der Waals surface area (Å²) < 4.78 is 0. The van der Waals surface area contributed by atoms with E-state index in [0.717, 1.165) is 45.6 Å². The van der Waals surface area contributed by atoms with Crippen molar-refractivity contribution in [3.63, 3.8) is 0 Å². The van der Waals surface area contributed by atoms with E-state index in [4.69, 9.17) is 0 Å². The minimum atomic E-state index is 0.0966. The third-order valence-electron chi connectivity index (χ3n) is 8.14. The van der Waals surface area contributed by atoms with Crippen molar-refractivity contribution in [2.24, 2.45) is 5.92 Å². The topological polar surface area (TPSA) is 26.7 Å². The maximum Gasteiger partial charge on any atom is 0.115 e. The molecule has 0 bridgehead atoms. The quantitative estimate of drug-likeness (QED) is 0.653. The highest BCUT2D eigenvalue weighted by Crippen LogP contribution is 2.43. The van der Waals surface area contributed by atoms with Gasteiger partial charge in [0.05, 0.1) is 0 Å². The molecular formula is C30H36N2O. The molecule has 0 spiro atoms. The average Bonchev–Trinajstić information content (AvgIpc) is 3.10. The Hall–Kier alpha value is -2.62. The number of piperidine rings is 1. The molecule has 3 nitrogen and oxygen atoms in total. The van der Waals surface area contributed by atoms with Gasteiger partial charge in [-0.3, -0.25) is 9.80 Å². The number of benzene rings is 2. The normalized spacial score (nSPS) is 28.2. The fourth-order valence-electron chi connectivity index (χ4n) is 5.90. The Balaban J connectivity index is 1.26. The summed E-state index contributed by atoms with van der Waals surface area (Å²) in [5, 5.41) is 10.1. The highest BCUT2D eigenvalue weighted by molar-refractivity contribution is 5.75. The number of fused-ring (bicyclic) bond motifs is 1. The summed E-state index contributed by atoms with van der Waals surface area (Å²) in [4.78, 5) is 5.33. The lowest BCUT2D eigenvalue weighted by Crippen LogP contribution is -2.60. The fraction of sp³-hybridized carbons (Fsp3) is 0.400. The monoisotopic (exact) mass is 440 g/mol. The predicted octanol–water partition coefficient (Wildman–Crippen LogP) is 5.78. The van der Waals surface area contributed by atoms with E-state index in [2.05, 4.69) is 84.4 Å². The van der Waals surface area contributed by atoms with Crippen LogP contribution in [0.25, 0.3) is 5.57 Å². The summed E-state index contributed by atoms with van der Waals surface area (Å²) in [7, 11) is 0. The maximum absolute atomic E-state index is 10.1. The second-order valence-corrected chi connectivity index (χ2v) is 10.3. The molecular weight excluding hydrogens is 404 g/mol. The molecule has 3 aliphatic rings. The number of aromatic hydroxyl groups is 1. The molecule has 5 rings (SSSR count). The smallest absolute Gasteiger partial charge is 0.115 e. The second kappa shape index (κ2) is 9.32. The fourth-order valence-corrected chi connectivity index (χ4v) is 5.90. The van der Waals surface area contributed by atoms with Gasteiger partial charge in [-0.05, 0) is 58.6 Å². The lowest BCUT2D eigenvalue weighted by atomic mass is 9.65. The summed E-state index contributed by atoms with van der Waals surface area (Å²) in [5.41, 5.74) is 5.37. The third-order valence-corrected chi connectivity index (χ3v) is 8.14. The van der Waals surface area contributed by atoms with Crippen molar-refractivity contribution < 1.29 is 5.11 Å². The third kappa shape index (κ3) is 4.71. The van der Waals surface area contributed by atoms with Crippen LogP contribution in [-0.4, -0.2) is 47.1 Å². The maximum atomic E-state index is 10.1. The number of nitrogens with zero attached hydrogens (tertiary/aromatic N) is 2. The number of rotatable bonds is 4. The molecule has 0 saturated carbocycles. The van der Waals surface area contributed by atoms with E-state index in [0.29, 0.717) is 17.7 Å². The number of allylic oxidation sites excluding steroid dienone is 6. The van der Waals surface area contributed by atoms with Gasteiger partial charge in [-0.1, -0.05) is 80.6 Å². The van der Waals surface area contributed by atoms with E-state index in [1.54, 1.807) is 6.07 Å². The van der Waals surface area contributed by atoms with Crippen LogP contribution in [0.5, 0.6) is 5.75 Å². The Morgan fingerprint density at radius 3 is 2.70 bits per heavy atom. The standard InChI is InChI=1S/C30H36N2O/c1-23-20-32-17-16-31(22-28(32)19-30(23,2)27-10-7-11-29(33)18-27)21-24-12-14-26(15-13-24)25-8-5-3-4-6-9-25/h3-5,7-15,18,23,28,33H,6,16-17,19-22H2,1-2H3/t23?,28?,30-/m1/s1. The Labute approximate surface area is 198 Å². The number of hydrogen-bond acceptors (Lipinski definition) is 3.